The monoisotopic (exact) mass is 1230 g/mol. The fourth-order valence-corrected chi connectivity index (χ4v) is 9.97. The van der Waals surface area contributed by atoms with Gasteiger partial charge in [0.15, 0.2) is 73.8 Å². The molecular formula is C54H71NO31. The molecule has 0 aromatic heterocycles. The number of hydrogen-bond acceptors (Lipinski definition) is 31. The summed E-state index contributed by atoms with van der Waals surface area (Å²) in [6.07, 6.45) is -24.5. The number of ether oxygens (including phenoxy) is 18. The highest BCUT2D eigenvalue weighted by Crippen LogP contribution is 2.41. The molecule has 1 amide bonds. The molecule has 9 unspecified atom stereocenters. The van der Waals surface area contributed by atoms with E-state index in [1.165, 1.54) is 13.0 Å². The Balaban J connectivity index is 2.00. The number of terminal acetylenes is 1. The molecule has 4 rings (SSSR count). The van der Waals surface area contributed by atoms with Crippen molar-refractivity contribution in [2.24, 2.45) is 0 Å². The van der Waals surface area contributed by atoms with Crippen LogP contribution < -0.4 is 0 Å². The van der Waals surface area contributed by atoms with Crippen LogP contribution >= 0.6 is 0 Å². The molecule has 3 heterocycles. The SMILES string of the molecule is C#CCO[C@@H]1OC(COC(C)=O)[C@@H](O[C@H]2OC(COC(C)=O)[C@@H](O[C@H]3OC(C)[C@@H](N(C(C)=O)[C@H]4C=C(COC(C)=O)[C@@H](OC(C)=O)[C@H](OC(C)=O)[C@H]4OC(C)=O)C(OC(C)=O)C3OC(C)=O)C(OC(C)=O)C2OC(C)=O)C(OC(C)=O)C1OC(C)=O. The van der Waals surface area contributed by atoms with E-state index in [1.54, 1.807) is 0 Å². The minimum Gasteiger partial charge on any atom is -0.463 e. The molecule has 32 heteroatoms. The number of carbonyl (C=O) groups excluding carboxylic acids is 13. The molecule has 478 valence electrons. The summed E-state index contributed by atoms with van der Waals surface area (Å²) in [5, 5.41) is 0. The average Bonchev–Trinajstić information content (AvgIpc) is 0.791. The van der Waals surface area contributed by atoms with Gasteiger partial charge in [-0.15, -0.1) is 6.42 Å². The van der Waals surface area contributed by atoms with E-state index in [2.05, 4.69) is 5.92 Å². The van der Waals surface area contributed by atoms with Crippen molar-refractivity contribution < 1.29 is 148 Å². The lowest BCUT2D eigenvalue weighted by Crippen LogP contribution is -2.71. The Hall–Kier alpha value is -7.83. The maximum atomic E-state index is 14.4. The molecule has 86 heavy (non-hydrogen) atoms. The maximum Gasteiger partial charge on any atom is 0.303 e. The van der Waals surface area contributed by atoms with E-state index < -0.39 is 220 Å². The summed E-state index contributed by atoms with van der Waals surface area (Å²) in [5.41, 5.74) is -0.106. The van der Waals surface area contributed by atoms with E-state index in [0.717, 1.165) is 94.9 Å². The van der Waals surface area contributed by atoms with Crippen molar-refractivity contribution in [3.8, 4) is 12.3 Å². The quantitative estimate of drug-likeness (QED) is 0.0523. The van der Waals surface area contributed by atoms with Crippen LogP contribution in [0.3, 0.4) is 0 Å². The molecule has 0 N–H and O–H groups in total. The van der Waals surface area contributed by atoms with Crippen molar-refractivity contribution in [2.75, 3.05) is 26.4 Å². The molecule has 3 aliphatic heterocycles. The minimum absolute atomic E-state index is 0.106. The Bertz CT molecular complexity index is 2610. The van der Waals surface area contributed by atoms with Crippen LogP contribution in [-0.2, 0) is 148 Å². The molecule has 0 bridgehead atoms. The summed E-state index contributed by atoms with van der Waals surface area (Å²) in [6.45, 7) is 11.4. The number of carbonyl (C=O) groups is 13. The second kappa shape index (κ2) is 32.1. The molecule has 3 fully saturated rings. The summed E-state index contributed by atoms with van der Waals surface area (Å²) in [5.74, 6) is -10.6. The highest BCUT2D eigenvalue weighted by molar-refractivity contribution is 5.76. The predicted molar refractivity (Wildman–Crippen MR) is 274 cm³/mol. The topological polar surface area (TPSA) is 391 Å². The first-order chi connectivity index (χ1) is 40.2. The first kappa shape index (κ1) is 70.7. The predicted octanol–water partition coefficient (Wildman–Crippen LogP) is -0.798. The van der Waals surface area contributed by atoms with E-state index in [9.17, 15) is 62.3 Å². The number of hydrogen-bond donors (Lipinski definition) is 0. The standard InChI is InChI=1S/C54H71NO31/c1-16-17-69-52-50(81-34(14)67)47(78-31(11)64)43(38(83-52)20-71-25(5)58)86-54-51(82-35(15)68)48(79-32(12)65)44(39(84-54)21-72-26(6)59)85-53-49(80-33(13)66)45(76-29(9)62)40(22(2)73-53)55(23(3)56)37-18-36(19-70-24(4)57)41(74-27(7)60)46(77-30(10)63)42(37)75-28(8)61/h1,18,22,37-54H,17,19-21H2,2-15H3/t22?,37-,38?,39?,40+,41+,42-,43+,44+,45?,46-,47?,48?,49?,50?,51?,52+,53+,54+/m0/s1. The zero-order chi connectivity index (χ0) is 64.6. The highest BCUT2D eigenvalue weighted by Gasteiger charge is 2.61. The Labute approximate surface area is 492 Å². The second-order valence-corrected chi connectivity index (χ2v) is 19.7. The van der Waals surface area contributed by atoms with Gasteiger partial charge in [0.25, 0.3) is 0 Å². The first-order valence-corrected chi connectivity index (χ1v) is 26.5. The molecule has 32 nitrogen and oxygen atoms in total. The molecule has 1 aliphatic carbocycles. The van der Waals surface area contributed by atoms with E-state index in [0.29, 0.717) is 0 Å². The third-order valence-corrected chi connectivity index (χ3v) is 12.6. The van der Waals surface area contributed by atoms with Crippen LogP contribution in [0.15, 0.2) is 11.6 Å². The van der Waals surface area contributed by atoms with Gasteiger partial charge in [0, 0.05) is 95.6 Å². The summed E-state index contributed by atoms with van der Waals surface area (Å²) < 4.78 is 105. The molecule has 4 aliphatic rings. The smallest absolute Gasteiger partial charge is 0.303 e. The molecular weight excluding hydrogens is 1160 g/mol. The van der Waals surface area contributed by atoms with E-state index in [4.69, 9.17) is 91.7 Å². The van der Waals surface area contributed by atoms with Crippen LogP contribution in [0, 0.1) is 12.3 Å². The molecule has 19 atom stereocenters. The number of esters is 12. The van der Waals surface area contributed by atoms with Crippen LogP contribution in [0.1, 0.15) is 96.9 Å². The normalized spacial score (nSPS) is 31.2. The summed E-state index contributed by atoms with van der Waals surface area (Å²) in [6, 6.07) is -3.35. The van der Waals surface area contributed by atoms with Crippen LogP contribution in [0.2, 0.25) is 0 Å². The van der Waals surface area contributed by atoms with Gasteiger partial charge in [0.1, 0.15) is 50.8 Å². The Morgan fingerprint density at radius 3 is 1.20 bits per heavy atom. The van der Waals surface area contributed by atoms with Crippen LogP contribution in [-0.4, -0.2) is 225 Å². The molecule has 0 aromatic rings. The van der Waals surface area contributed by atoms with Crippen LogP contribution in [0.5, 0.6) is 0 Å². The molecule has 0 saturated carbocycles. The third kappa shape index (κ3) is 19.9. The molecule has 0 aromatic carbocycles. The zero-order valence-corrected chi connectivity index (χ0v) is 49.6. The maximum absolute atomic E-state index is 14.4. The first-order valence-electron chi connectivity index (χ1n) is 26.5. The third-order valence-electron chi connectivity index (χ3n) is 12.6. The van der Waals surface area contributed by atoms with Gasteiger partial charge in [-0.3, -0.25) is 62.3 Å². The lowest BCUT2D eigenvalue weighted by molar-refractivity contribution is -0.377. The summed E-state index contributed by atoms with van der Waals surface area (Å²) in [4.78, 5) is 169. The van der Waals surface area contributed by atoms with Crippen LogP contribution in [0.25, 0.3) is 0 Å². The van der Waals surface area contributed by atoms with Crippen molar-refractivity contribution in [2.45, 2.75) is 213 Å². The Morgan fingerprint density at radius 2 is 0.791 bits per heavy atom. The van der Waals surface area contributed by atoms with E-state index >= 15 is 0 Å². The van der Waals surface area contributed by atoms with Crippen molar-refractivity contribution >= 4 is 77.5 Å². The van der Waals surface area contributed by atoms with Gasteiger partial charge in [0.05, 0.1) is 18.2 Å². The highest BCUT2D eigenvalue weighted by atomic mass is 16.8. The Kier molecular flexibility index (Phi) is 26.3. The minimum atomic E-state index is -2.09. The van der Waals surface area contributed by atoms with Crippen molar-refractivity contribution in [3.05, 3.63) is 11.6 Å². The van der Waals surface area contributed by atoms with E-state index in [1.807, 2.05) is 0 Å². The lowest BCUT2D eigenvalue weighted by atomic mass is 9.84. The molecule has 0 radical (unpaired) electrons. The number of rotatable bonds is 23. The van der Waals surface area contributed by atoms with Gasteiger partial charge in [-0.1, -0.05) is 12.0 Å². The van der Waals surface area contributed by atoms with Gasteiger partial charge in [-0.2, -0.15) is 0 Å². The fraction of sp³-hybridized carbons (Fsp3) is 0.685. The number of amides is 1. The van der Waals surface area contributed by atoms with Gasteiger partial charge in [0.2, 0.25) is 5.91 Å². The van der Waals surface area contributed by atoms with Crippen LogP contribution in [0.4, 0.5) is 0 Å². The van der Waals surface area contributed by atoms with Gasteiger partial charge >= 0.3 is 71.6 Å². The van der Waals surface area contributed by atoms with Crippen molar-refractivity contribution in [3.63, 3.8) is 0 Å². The molecule has 3 saturated heterocycles. The Morgan fingerprint density at radius 1 is 0.430 bits per heavy atom. The second-order valence-electron chi connectivity index (χ2n) is 19.7. The fourth-order valence-electron chi connectivity index (χ4n) is 9.97. The lowest BCUT2D eigenvalue weighted by Gasteiger charge is -2.53. The summed E-state index contributed by atoms with van der Waals surface area (Å²) >= 11 is 0. The van der Waals surface area contributed by atoms with Crippen molar-refractivity contribution in [1.82, 2.24) is 4.90 Å². The van der Waals surface area contributed by atoms with Gasteiger partial charge in [-0.25, -0.2) is 0 Å². The average molecular weight is 1230 g/mol. The van der Waals surface area contributed by atoms with Gasteiger partial charge < -0.3 is 90.2 Å². The zero-order valence-electron chi connectivity index (χ0n) is 49.6. The molecule has 0 spiro atoms. The van der Waals surface area contributed by atoms with Gasteiger partial charge in [-0.05, 0) is 6.92 Å². The number of nitrogens with zero attached hydrogens (tertiary/aromatic N) is 1. The summed E-state index contributed by atoms with van der Waals surface area (Å²) in [7, 11) is 0. The van der Waals surface area contributed by atoms with E-state index in [-0.39, 0.29) is 5.57 Å². The van der Waals surface area contributed by atoms with Crippen molar-refractivity contribution in [1.29, 1.82) is 0 Å². The largest absolute Gasteiger partial charge is 0.463 e.